The van der Waals surface area contributed by atoms with Crippen LogP contribution >= 0.6 is 0 Å². The van der Waals surface area contributed by atoms with Crippen molar-refractivity contribution in [3.63, 3.8) is 0 Å². The van der Waals surface area contributed by atoms with Crippen LogP contribution in [-0.2, 0) is 16.1 Å². The Balaban J connectivity index is 2.52. The molecule has 0 aliphatic heterocycles. The molecule has 0 aliphatic carbocycles. The fourth-order valence-electron chi connectivity index (χ4n) is 1.17. The first-order valence-corrected chi connectivity index (χ1v) is 5.48. The predicted molar refractivity (Wildman–Crippen MR) is 65.8 cm³/mol. The molecule has 0 bridgehead atoms. The van der Waals surface area contributed by atoms with Gasteiger partial charge in [-0.2, -0.15) is 0 Å². The number of nitro benzene ring substituents is 1. The smallest absolute Gasteiger partial charge is 0.269 e. The minimum atomic E-state index is -0.480. The van der Waals surface area contributed by atoms with Gasteiger partial charge in [-0.1, -0.05) is 12.1 Å². The summed E-state index contributed by atoms with van der Waals surface area (Å²) in [7, 11) is 0. The van der Waals surface area contributed by atoms with Gasteiger partial charge in [0.15, 0.2) is 0 Å². The molecular weight excluding hydrogens is 236 g/mol. The summed E-state index contributed by atoms with van der Waals surface area (Å²) in [5.74, 6) is -0.293. The average Bonchev–Trinajstić information content (AvgIpc) is 2.26. The molecule has 6 heteroatoms. The highest BCUT2D eigenvalue weighted by Crippen LogP contribution is 2.12. The van der Waals surface area contributed by atoms with Crippen LogP contribution in [0.4, 0.5) is 5.69 Å². The Morgan fingerprint density at radius 3 is 2.33 bits per heavy atom. The van der Waals surface area contributed by atoms with Crippen molar-refractivity contribution in [2.24, 2.45) is 0 Å². The molecule has 0 saturated heterocycles. The molecule has 1 aromatic rings. The summed E-state index contributed by atoms with van der Waals surface area (Å²) in [6.07, 6.45) is 0.119. The van der Waals surface area contributed by atoms with Crippen LogP contribution in [0.5, 0.6) is 0 Å². The molecule has 1 amide bonds. The van der Waals surface area contributed by atoms with Gasteiger partial charge in [-0.05, 0) is 26.3 Å². The Bertz CT molecular complexity index is 434. The predicted octanol–water partition coefficient (Wildman–Crippen LogP) is 1.98. The van der Waals surface area contributed by atoms with Gasteiger partial charge in [-0.15, -0.1) is 0 Å². The number of benzene rings is 1. The minimum Gasteiger partial charge on any atom is -0.272 e. The van der Waals surface area contributed by atoms with Gasteiger partial charge in [0.2, 0.25) is 5.91 Å². The standard InChI is InChI=1S/C12H16N2O4/c1-12(2,3)18-13-11(15)8-9-4-6-10(7-5-9)14(16)17/h4-7H,8H2,1-3H3,(H,13,15). The number of non-ortho nitro benzene ring substituents is 1. The Hall–Kier alpha value is -1.95. The van der Waals surface area contributed by atoms with Crippen LogP contribution in [0, 0.1) is 10.1 Å². The number of hydrogen-bond donors (Lipinski definition) is 1. The van der Waals surface area contributed by atoms with Gasteiger partial charge in [-0.25, -0.2) is 5.48 Å². The normalized spacial score (nSPS) is 11.1. The molecule has 98 valence electrons. The van der Waals surface area contributed by atoms with E-state index in [1.54, 1.807) is 12.1 Å². The second-order valence-electron chi connectivity index (χ2n) is 4.84. The average molecular weight is 252 g/mol. The maximum atomic E-state index is 11.5. The topological polar surface area (TPSA) is 81.5 Å². The van der Waals surface area contributed by atoms with Gasteiger partial charge >= 0.3 is 0 Å². The first-order valence-electron chi connectivity index (χ1n) is 5.48. The number of nitrogens with zero attached hydrogens (tertiary/aromatic N) is 1. The molecule has 1 rings (SSSR count). The third kappa shape index (κ3) is 4.92. The number of nitrogens with one attached hydrogen (secondary N) is 1. The number of hydrogen-bond acceptors (Lipinski definition) is 4. The van der Waals surface area contributed by atoms with Crippen molar-refractivity contribution in [1.29, 1.82) is 0 Å². The summed E-state index contributed by atoms with van der Waals surface area (Å²) in [5, 5.41) is 10.5. The van der Waals surface area contributed by atoms with Crippen LogP contribution < -0.4 is 5.48 Å². The lowest BCUT2D eigenvalue weighted by Crippen LogP contribution is -2.34. The molecular formula is C12H16N2O4. The second-order valence-corrected chi connectivity index (χ2v) is 4.84. The SMILES string of the molecule is CC(C)(C)ONC(=O)Cc1ccc([N+](=O)[O-])cc1. The summed E-state index contributed by atoms with van der Waals surface area (Å²) in [6, 6.07) is 5.84. The lowest BCUT2D eigenvalue weighted by Gasteiger charge is -2.18. The number of carbonyl (C=O) groups excluding carboxylic acids is 1. The van der Waals surface area contributed by atoms with E-state index in [9.17, 15) is 14.9 Å². The maximum absolute atomic E-state index is 11.5. The fraction of sp³-hybridized carbons (Fsp3) is 0.417. The second kappa shape index (κ2) is 5.59. The molecule has 0 saturated carbocycles. The first kappa shape index (κ1) is 14.1. The molecule has 0 unspecified atom stereocenters. The van der Waals surface area contributed by atoms with Crippen molar-refractivity contribution in [2.45, 2.75) is 32.8 Å². The third-order valence-corrected chi connectivity index (χ3v) is 1.98. The van der Waals surface area contributed by atoms with Crippen LogP contribution in [0.25, 0.3) is 0 Å². The molecule has 0 radical (unpaired) electrons. The van der Waals surface area contributed by atoms with Crippen LogP contribution in [0.3, 0.4) is 0 Å². The van der Waals surface area contributed by atoms with Crippen LogP contribution in [-0.4, -0.2) is 16.4 Å². The Kier molecular flexibility index (Phi) is 4.38. The number of nitro groups is 1. The monoisotopic (exact) mass is 252 g/mol. The quantitative estimate of drug-likeness (QED) is 0.656. The molecule has 6 nitrogen and oxygen atoms in total. The molecule has 18 heavy (non-hydrogen) atoms. The summed E-state index contributed by atoms with van der Waals surface area (Å²) < 4.78 is 0. The highest BCUT2D eigenvalue weighted by Gasteiger charge is 2.13. The van der Waals surface area contributed by atoms with E-state index in [0.717, 1.165) is 0 Å². The van der Waals surface area contributed by atoms with Crippen molar-refractivity contribution >= 4 is 11.6 Å². The number of hydroxylamine groups is 1. The van der Waals surface area contributed by atoms with Crippen LogP contribution in [0.2, 0.25) is 0 Å². The third-order valence-electron chi connectivity index (χ3n) is 1.98. The molecule has 0 atom stereocenters. The zero-order valence-corrected chi connectivity index (χ0v) is 10.6. The highest BCUT2D eigenvalue weighted by molar-refractivity contribution is 5.77. The number of rotatable bonds is 4. The van der Waals surface area contributed by atoms with E-state index in [4.69, 9.17) is 4.84 Å². The van der Waals surface area contributed by atoms with E-state index in [-0.39, 0.29) is 18.0 Å². The largest absolute Gasteiger partial charge is 0.272 e. The summed E-state index contributed by atoms with van der Waals surface area (Å²) in [4.78, 5) is 26.6. The number of carbonyl (C=O) groups is 1. The van der Waals surface area contributed by atoms with Crippen molar-refractivity contribution < 1.29 is 14.6 Å². The van der Waals surface area contributed by atoms with E-state index < -0.39 is 10.5 Å². The summed E-state index contributed by atoms with van der Waals surface area (Å²) in [6.45, 7) is 5.46. The van der Waals surface area contributed by atoms with E-state index in [0.29, 0.717) is 5.56 Å². The van der Waals surface area contributed by atoms with E-state index >= 15 is 0 Å². The van der Waals surface area contributed by atoms with Gasteiger partial charge < -0.3 is 0 Å². The lowest BCUT2D eigenvalue weighted by atomic mass is 10.1. The Morgan fingerprint density at radius 2 is 1.89 bits per heavy atom. The molecule has 0 aliphatic rings. The van der Waals surface area contributed by atoms with Crippen molar-refractivity contribution in [1.82, 2.24) is 5.48 Å². The first-order chi connectivity index (χ1) is 8.28. The van der Waals surface area contributed by atoms with E-state index in [2.05, 4.69) is 5.48 Å². The van der Waals surface area contributed by atoms with Gasteiger partial charge in [0.1, 0.15) is 0 Å². The van der Waals surface area contributed by atoms with E-state index in [1.807, 2.05) is 20.8 Å². The highest BCUT2D eigenvalue weighted by atomic mass is 16.7. The van der Waals surface area contributed by atoms with Crippen LogP contribution in [0.1, 0.15) is 26.3 Å². The summed E-state index contributed by atoms with van der Waals surface area (Å²) >= 11 is 0. The van der Waals surface area contributed by atoms with Crippen LogP contribution in [0.15, 0.2) is 24.3 Å². The Morgan fingerprint density at radius 1 is 1.33 bits per heavy atom. The molecule has 0 fully saturated rings. The van der Waals surface area contributed by atoms with Crippen molar-refractivity contribution in [3.8, 4) is 0 Å². The molecule has 0 aromatic heterocycles. The fourth-order valence-corrected chi connectivity index (χ4v) is 1.17. The molecule has 1 N–H and O–H groups in total. The maximum Gasteiger partial charge on any atom is 0.269 e. The minimum absolute atomic E-state index is 0.00472. The van der Waals surface area contributed by atoms with Gasteiger partial charge in [0, 0.05) is 12.1 Å². The lowest BCUT2D eigenvalue weighted by molar-refractivity contribution is -0.384. The van der Waals surface area contributed by atoms with Gasteiger partial charge in [0.05, 0.1) is 16.9 Å². The number of amides is 1. The zero-order valence-electron chi connectivity index (χ0n) is 10.6. The van der Waals surface area contributed by atoms with E-state index in [1.165, 1.54) is 12.1 Å². The van der Waals surface area contributed by atoms with Gasteiger partial charge in [0.25, 0.3) is 5.69 Å². The Labute approximate surface area is 105 Å². The van der Waals surface area contributed by atoms with Gasteiger partial charge in [-0.3, -0.25) is 19.7 Å². The zero-order chi connectivity index (χ0) is 13.8. The summed E-state index contributed by atoms with van der Waals surface area (Å²) in [5.41, 5.74) is 2.58. The molecule has 0 spiro atoms. The molecule has 1 aromatic carbocycles. The van der Waals surface area contributed by atoms with Crippen molar-refractivity contribution in [2.75, 3.05) is 0 Å². The molecule has 0 heterocycles. The van der Waals surface area contributed by atoms with Crippen molar-refractivity contribution in [3.05, 3.63) is 39.9 Å².